The Morgan fingerprint density at radius 3 is 2.00 bits per heavy atom. The molecule has 0 N–H and O–H groups in total. The molecule has 2 rings (SSSR count). The number of likely N-dealkylation sites (tertiary alicyclic amines) is 1. The van der Waals surface area contributed by atoms with Crippen molar-refractivity contribution in [2.75, 3.05) is 0 Å². The molecule has 1 aromatic rings. The van der Waals surface area contributed by atoms with Gasteiger partial charge in [-0.3, -0.25) is 24.1 Å². The third kappa shape index (κ3) is 4.56. The number of carbonyl (C=O) groups excluding carboxylic acids is 4. The number of carbonyl (C=O) groups is 4. The Morgan fingerprint density at radius 1 is 0.920 bits per heavy atom. The topological polar surface area (TPSA) is 99.2 Å². The highest BCUT2D eigenvalue weighted by atomic mass is 16.6. The molecule has 0 aliphatic carbocycles. The summed E-state index contributed by atoms with van der Waals surface area (Å²) in [5, 5.41) is 0. The standard InChI is InChI=1S/C17H19NO7/c1-10(19)23-14-15(24-11(2)20)17(25-12(3)21)18(16(14)22)9-13-7-5-4-6-8-13/h4-8,14-15,17H,9H2,1-3H3/t14-,15-,17+/m1/s1. The van der Waals surface area contributed by atoms with Crippen LogP contribution >= 0.6 is 0 Å². The molecule has 1 fully saturated rings. The summed E-state index contributed by atoms with van der Waals surface area (Å²) in [4.78, 5) is 48.1. The molecule has 8 heteroatoms. The van der Waals surface area contributed by atoms with Crippen LogP contribution in [0.1, 0.15) is 26.3 Å². The highest BCUT2D eigenvalue weighted by Crippen LogP contribution is 2.28. The van der Waals surface area contributed by atoms with E-state index in [2.05, 4.69) is 0 Å². The van der Waals surface area contributed by atoms with Crippen LogP contribution < -0.4 is 0 Å². The maximum Gasteiger partial charge on any atom is 0.304 e. The van der Waals surface area contributed by atoms with Gasteiger partial charge in [0.15, 0.2) is 0 Å². The molecule has 134 valence electrons. The van der Waals surface area contributed by atoms with E-state index in [1.807, 2.05) is 6.07 Å². The van der Waals surface area contributed by atoms with Gasteiger partial charge in [0.2, 0.25) is 18.4 Å². The van der Waals surface area contributed by atoms with Crippen molar-refractivity contribution in [3.05, 3.63) is 35.9 Å². The molecule has 1 saturated heterocycles. The number of benzene rings is 1. The summed E-state index contributed by atoms with van der Waals surface area (Å²) >= 11 is 0. The van der Waals surface area contributed by atoms with E-state index in [1.54, 1.807) is 24.3 Å². The second-order valence-electron chi connectivity index (χ2n) is 5.56. The molecule has 0 saturated carbocycles. The van der Waals surface area contributed by atoms with E-state index < -0.39 is 42.3 Å². The normalized spacial score (nSPS) is 22.4. The smallest absolute Gasteiger partial charge is 0.304 e. The first-order valence-electron chi connectivity index (χ1n) is 7.65. The molecule has 1 aliphatic heterocycles. The van der Waals surface area contributed by atoms with Gasteiger partial charge in [-0.25, -0.2) is 0 Å². The Labute approximate surface area is 144 Å². The van der Waals surface area contributed by atoms with Crippen molar-refractivity contribution in [2.24, 2.45) is 0 Å². The number of hydrogen-bond donors (Lipinski definition) is 0. The Bertz CT molecular complexity index is 673. The van der Waals surface area contributed by atoms with Crippen molar-refractivity contribution in [1.82, 2.24) is 4.90 Å². The molecule has 1 amide bonds. The second-order valence-corrected chi connectivity index (χ2v) is 5.56. The van der Waals surface area contributed by atoms with Crippen LogP contribution in [0.25, 0.3) is 0 Å². The molecule has 25 heavy (non-hydrogen) atoms. The Morgan fingerprint density at radius 2 is 1.48 bits per heavy atom. The van der Waals surface area contributed by atoms with Crippen molar-refractivity contribution in [3.8, 4) is 0 Å². The Balaban J connectivity index is 2.35. The summed E-state index contributed by atoms with van der Waals surface area (Å²) in [7, 11) is 0. The highest BCUT2D eigenvalue weighted by molar-refractivity contribution is 5.87. The van der Waals surface area contributed by atoms with E-state index in [0.717, 1.165) is 19.4 Å². The van der Waals surface area contributed by atoms with E-state index in [0.29, 0.717) is 0 Å². The quantitative estimate of drug-likeness (QED) is 0.572. The summed E-state index contributed by atoms with van der Waals surface area (Å²) in [6, 6.07) is 8.99. The van der Waals surface area contributed by atoms with Crippen LogP contribution in [-0.4, -0.2) is 47.2 Å². The predicted molar refractivity (Wildman–Crippen MR) is 83.7 cm³/mol. The summed E-state index contributed by atoms with van der Waals surface area (Å²) in [6.45, 7) is 3.57. The molecule has 8 nitrogen and oxygen atoms in total. The first-order valence-corrected chi connectivity index (χ1v) is 7.65. The van der Waals surface area contributed by atoms with E-state index in [1.165, 1.54) is 11.8 Å². The van der Waals surface area contributed by atoms with Crippen molar-refractivity contribution in [2.45, 2.75) is 45.8 Å². The van der Waals surface area contributed by atoms with Gasteiger partial charge in [0.05, 0.1) is 0 Å². The number of nitrogens with zero attached hydrogens (tertiary/aromatic N) is 1. The summed E-state index contributed by atoms with van der Waals surface area (Å²) in [5.41, 5.74) is 0.776. The minimum absolute atomic E-state index is 0.104. The van der Waals surface area contributed by atoms with Crippen molar-refractivity contribution >= 4 is 23.8 Å². The summed E-state index contributed by atoms with van der Waals surface area (Å²) in [6.07, 6.45) is -3.78. The molecule has 0 aromatic heterocycles. The maximum atomic E-state index is 12.7. The van der Waals surface area contributed by atoms with E-state index in [-0.39, 0.29) is 6.54 Å². The van der Waals surface area contributed by atoms with Crippen LogP contribution in [-0.2, 0) is 39.9 Å². The lowest BCUT2D eigenvalue weighted by atomic mass is 10.2. The van der Waals surface area contributed by atoms with Gasteiger partial charge in [0.25, 0.3) is 5.91 Å². The molecule has 1 aliphatic rings. The van der Waals surface area contributed by atoms with Gasteiger partial charge in [-0.2, -0.15) is 0 Å². The molecule has 1 aromatic carbocycles. The van der Waals surface area contributed by atoms with Crippen LogP contribution in [0, 0.1) is 0 Å². The van der Waals surface area contributed by atoms with Gasteiger partial charge >= 0.3 is 17.9 Å². The van der Waals surface area contributed by atoms with Gasteiger partial charge in [-0.05, 0) is 5.56 Å². The number of hydrogen-bond acceptors (Lipinski definition) is 7. The Kier molecular flexibility index (Phi) is 5.74. The highest BCUT2D eigenvalue weighted by Gasteiger charge is 2.54. The zero-order valence-corrected chi connectivity index (χ0v) is 14.1. The van der Waals surface area contributed by atoms with Gasteiger partial charge < -0.3 is 14.2 Å². The molecule has 1 heterocycles. The summed E-state index contributed by atoms with van der Waals surface area (Å²) in [5.74, 6) is -2.65. The lowest BCUT2D eigenvalue weighted by Crippen LogP contribution is -2.42. The minimum Gasteiger partial charge on any atom is -0.452 e. The molecular formula is C17H19NO7. The molecular weight excluding hydrogens is 330 g/mol. The average molecular weight is 349 g/mol. The molecule has 0 unspecified atom stereocenters. The van der Waals surface area contributed by atoms with Gasteiger partial charge in [-0.1, -0.05) is 30.3 Å². The predicted octanol–water partition coefficient (Wildman–Crippen LogP) is 0.781. The molecule has 3 atom stereocenters. The van der Waals surface area contributed by atoms with Crippen LogP contribution in [0.3, 0.4) is 0 Å². The first-order chi connectivity index (χ1) is 11.8. The molecule has 0 radical (unpaired) electrons. The van der Waals surface area contributed by atoms with E-state index in [9.17, 15) is 19.2 Å². The van der Waals surface area contributed by atoms with Gasteiger partial charge in [0.1, 0.15) is 0 Å². The number of ether oxygens (including phenoxy) is 3. The fourth-order valence-corrected chi connectivity index (χ4v) is 2.61. The number of amides is 1. The molecule has 0 bridgehead atoms. The first kappa shape index (κ1) is 18.4. The Hall–Kier alpha value is -2.90. The van der Waals surface area contributed by atoms with Crippen molar-refractivity contribution in [1.29, 1.82) is 0 Å². The van der Waals surface area contributed by atoms with Crippen LogP contribution in [0.2, 0.25) is 0 Å². The largest absolute Gasteiger partial charge is 0.452 e. The van der Waals surface area contributed by atoms with Crippen LogP contribution in [0.4, 0.5) is 0 Å². The second kappa shape index (κ2) is 7.78. The third-order valence-electron chi connectivity index (χ3n) is 3.49. The monoisotopic (exact) mass is 349 g/mol. The zero-order valence-electron chi connectivity index (χ0n) is 14.1. The minimum atomic E-state index is -1.37. The van der Waals surface area contributed by atoms with Crippen LogP contribution in [0.15, 0.2) is 30.3 Å². The van der Waals surface area contributed by atoms with Crippen molar-refractivity contribution < 1.29 is 33.4 Å². The average Bonchev–Trinajstić information content (AvgIpc) is 2.73. The fourth-order valence-electron chi connectivity index (χ4n) is 2.61. The SMILES string of the molecule is CC(=O)O[C@@H]1[C@@H](OC(C)=O)C(=O)N(Cc2ccccc2)[C@H]1OC(C)=O. The summed E-state index contributed by atoms with van der Waals surface area (Å²) < 4.78 is 15.3. The van der Waals surface area contributed by atoms with Crippen LogP contribution in [0.5, 0.6) is 0 Å². The van der Waals surface area contributed by atoms with Crippen molar-refractivity contribution in [3.63, 3.8) is 0 Å². The third-order valence-corrected chi connectivity index (χ3v) is 3.49. The number of esters is 3. The lowest BCUT2D eigenvalue weighted by Gasteiger charge is -2.26. The maximum absolute atomic E-state index is 12.7. The molecule has 0 spiro atoms. The lowest BCUT2D eigenvalue weighted by molar-refractivity contribution is -0.180. The zero-order chi connectivity index (χ0) is 18.6. The number of rotatable bonds is 5. The fraction of sp³-hybridized carbons (Fsp3) is 0.412. The van der Waals surface area contributed by atoms with Gasteiger partial charge in [0, 0.05) is 27.3 Å². The van der Waals surface area contributed by atoms with Gasteiger partial charge in [-0.15, -0.1) is 0 Å². The van der Waals surface area contributed by atoms with E-state index >= 15 is 0 Å². The van der Waals surface area contributed by atoms with E-state index in [4.69, 9.17) is 14.2 Å².